The molecule has 2 aliphatic rings. The molecule has 0 fully saturated rings. The van der Waals surface area contributed by atoms with Crippen LogP contribution in [0.15, 0.2) is 12.1 Å². The Bertz CT molecular complexity index is 775. The lowest BCUT2D eigenvalue weighted by atomic mass is 9.85. The molecule has 0 aliphatic carbocycles. The number of carbonyl (C=O) groups is 1. The van der Waals surface area contributed by atoms with E-state index in [2.05, 4.69) is 4.18 Å². The van der Waals surface area contributed by atoms with Crippen molar-refractivity contribution in [3.63, 3.8) is 0 Å². The fourth-order valence-electron chi connectivity index (χ4n) is 2.80. The fourth-order valence-corrected chi connectivity index (χ4v) is 3.24. The van der Waals surface area contributed by atoms with Crippen molar-refractivity contribution in [3.8, 4) is 11.5 Å². The zero-order valence-corrected chi connectivity index (χ0v) is 12.7. The number of hydrogen-bond acceptors (Lipinski definition) is 5. The highest BCUT2D eigenvalue weighted by Gasteiger charge is 2.49. The summed E-state index contributed by atoms with van der Waals surface area (Å²) in [6.07, 6.45) is 0.665. The zero-order chi connectivity index (χ0) is 17.0. The van der Waals surface area contributed by atoms with Crippen molar-refractivity contribution in [2.45, 2.75) is 17.8 Å². The number of ether oxygens (including phenoxy) is 1. The smallest absolute Gasteiger partial charge is 0.493 e. The van der Waals surface area contributed by atoms with E-state index >= 15 is 0 Å². The van der Waals surface area contributed by atoms with Gasteiger partial charge >= 0.3 is 15.6 Å². The highest BCUT2D eigenvalue weighted by Crippen LogP contribution is 2.43. The van der Waals surface area contributed by atoms with Crippen molar-refractivity contribution < 1.29 is 35.3 Å². The van der Waals surface area contributed by atoms with Crippen LogP contribution < -0.4 is 8.92 Å². The van der Waals surface area contributed by atoms with Gasteiger partial charge in [0.15, 0.2) is 0 Å². The molecular weight excluding hydrogens is 339 g/mol. The van der Waals surface area contributed by atoms with Crippen molar-refractivity contribution in [1.82, 2.24) is 4.90 Å². The zero-order valence-electron chi connectivity index (χ0n) is 11.9. The number of amides is 1. The minimum Gasteiger partial charge on any atom is -0.493 e. The molecule has 3 rings (SSSR count). The molecule has 23 heavy (non-hydrogen) atoms. The molecule has 6 nitrogen and oxygen atoms in total. The Morgan fingerprint density at radius 1 is 1.35 bits per heavy atom. The van der Waals surface area contributed by atoms with Crippen LogP contribution in [-0.4, -0.2) is 44.9 Å². The normalized spacial score (nSPS) is 20.8. The van der Waals surface area contributed by atoms with E-state index in [9.17, 15) is 26.4 Å². The van der Waals surface area contributed by atoms with E-state index in [1.807, 2.05) is 0 Å². The molecule has 2 heterocycles. The standard InChI is InChI=1S/C13H12F3NO5S/c1-17-6-7-2-3-21-10-5-8(4-9(11(7)10)12(17)18)22-23(19,20)13(14,15)16/h4-5,7H,2-3,6H2,1H3. The molecule has 0 saturated heterocycles. The van der Waals surface area contributed by atoms with E-state index in [1.165, 1.54) is 4.90 Å². The summed E-state index contributed by atoms with van der Waals surface area (Å²) in [5, 5.41) is 0. The Labute approximate surface area is 129 Å². The Balaban J connectivity index is 2.08. The van der Waals surface area contributed by atoms with Gasteiger partial charge in [0.2, 0.25) is 0 Å². The van der Waals surface area contributed by atoms with E-state index in [4.69, 9.17) is 4.74 Å². The molecule has 0 bridgehead atoms. The number of nitrogens with zero attached hydrogens (tertiary/aromatic N) is 1. The minimum absolute atomic E-state index is 0.00437. The third-order valence-corrected chi connectivity index (χ3v) is 4.79. The van der Waals surface area contributed by atoms with Crippen LogP contribution in [0.2, 0.25) is 0 Å². The average molecular weight is 351 g/mol. The fraction of sp³-hybridized carbons (Fsp3) is 0.462. The molecule has 1 aromatic carbocycles. The van der Waals surface area contributed by atoms with Gasteiger partial charge in [0, 0.05) is 31.1 Å². The maximum absolute atomic E-state index is 12.4. The first-order valence-corrected chi connectivity index (χ1v) is 8.08. The van der Waals surface area contributed by atoms with Gasteiger partial charge in [0.05, 0.1) is 12.2 Å². The highest BCUT2D eigenvalue weighted by molar-refractivity contribution is 7.88. The minimum atomic E-state index is -5.81. The van der Waals surface area contributed by atoms with Crippen molar-refractivity contribution in [2.24, 2.45) is 0 Å². The van der Waals surface area contributed by atoms with Crippen LogP contribution in [0.25, 0.3) is 0 Å². The Morgan fingerprint density at radius 3 is 2.70 bits per heavy atom. The highest BCUT2D eigenvalue weighted by atomic mass is 32.2. The van der Waals surface area contributed by atoms with E-state index in [0.717, 1.165) is 12.1 Å². The number of halogens is 3. The number of rotatable bonds is 2. The molecule has 0 spiro atoms. The molecule has 0 saturated carbocycles. The summed E-state index contributed by atoms with van der Waals surface area (Å²) in [5.74, 6) is -0.824. The van der Waals surface area contributed by atoms with Gasteiger partial charge in [0.1, 0.15) is 11.5 Å². The molecule has 1 unspecified atom stereocenters. The molecular formula is C13H12F3NO5S. The number of hydrogen-bond donors (Lipinski definition) is 0. The summed E-state index contributed by atoms with van der Waals surface area (Å²) in [5.41, 5.74) is -4.85. The van der Waals surface area contributed by atoms with Gasteiger partial charge in [-0.05, 0) is 12.5 Å². The molecule has 0 aromatic heterocycles. The maximum atomic E-state index is 12.4. The molecule has 1 atom stereocenters. The predicted octanol–water partition coefficient (Wildman–Crippen LogP) is 1.87. The number of carbonyl (C=O) groups excluding carboxylic acids is 1. The summed E-state index contributed by atoms with van der Waals surface area (Å²) >= 11 is 0. The summed E-state index contributed by atoms with van der Waals surface area (Å²) in [6.45, 7) is 0.803. The van der Waals surface area contributed by atoms with E-state index < -0.39 is 27.3 Å². The second kappa shape index (κ2) is 5.02. The lowest BCUT2D eigenvalue weighted by molar-refractivity contribution is -0.0500. The van der Waals surface area contributed by atoms with Gasteiger partial charge in [-0.2, -0.15) is 21.6 Å². The van der Waals surface area contributed by atoms with Crippen molar-refractivity contribution in [1.29, 1.82) is 0 Å². The second-order valence-corrected chi connectivity index (χ2v) is 6.92. The van der Waals surface area contributed by atoms with Crippen molar-refractivity contribution in [3.05, 3.63) is 23.3 Å². The third-order valence-electron chi connectivity index (χ3n) is 3.81. The number of alkyl halides is 3. The van der Waals surface area contributed by atoms with Crippen LogP contribution in [0.1, 0.15) is 28.3 Å². The van der Waals surface area contributed by atoms with Gasteiger partial charge in [-0.25, -0.2) is 0 Å². The Hall–Kier alpha value is -1.97. The Morgan fingerprint density at radius 2 is 2.04 bits per heavy atom. The van der Waals surface area contributed by atoms with Gasteiger partial charge in [-0.15, -0.1) is 0 Å². The van der Waals surface area contributed by atoms with Crippen LogP contribution in [0, 0.1) is 0 Å². The molecule has 1 aromatic rings. The van der Waals surface area contributed by atoms with Gasteiger partial charge in [-0.1, -0.05) is 0 Å². The van der Waals surface area contributed by atoms with Crippen molar-refractivity contribution in [2.75, 3.05) is 20.2 Å². The monoisotopic (exact) mass is 351 g/mol. The van der Waals surface area contributed by atoms with Crippen molar-refractivity contribution >= 4 is 16.0 Å². The number of benzene rings is 1. The van der Waals surface area contributed by atoms with Gasteiger partial charge < -0.3 is 13.8 Å². The van der Waals surface area contributed by atoms with Crippen LogP contribution >= 0.6 is 0 Å². The lowest BCUT2D eigenvalue weighted by Gasteiger charge is -2.36. The number of likely N-dealkylation sites (N-methyl/N-ethyl adjacent to an activating group) is 1. The van der Waals surface area contributed by atoms with E-state index in [0.29, 0.717) is 25.1 Å². The quantitative estimate of drug-likeness (QED) is 0.601. The van der Waals surface area contributed by atoms with E-state index in [-0.39, 0.29) is 17.2 Å². The first kappa shape index (κ1) is 15.9. The molecule has 1 amide bonds. The van der Waals surface area contributed by atoms with Crippen LogP contribution in [0.3, 0.4) is 0 Å². The lowest BCUT2D eigenvalue weighted by Crippen LogP contribution is -2.39. The molecule has 2 aliphatic heterocycles. The van der Waals surface area contributed by atoms with Crippen LogP contribution in [-0.2, 0) is 10.1 Å². The second-order valence-electron chi connectivity index (χ2n) is 5.39. The summed E-state index contributed by atoms with van der Waals surface area (Å²) < 4.78 is 69.0. The first-order chi connectivity index (χ1) is 10.6. The van der Waals surface area contributed by atoms with Crippen LogP contribution in [0.4, 0.5) is 13.2 Å². The molecule has 126 valence electrons. The first-order valence-electron chi connectivity index (χ1n) is 6.67. The largest absolute Gasteiger partial charge is 0.534 e. The van der Waals surface area contributed by atoms with Crippen LogP contribution in [0.5, 0.6) is 11.5 Å². The third kappa shape index (κ3) is 2.60. The summed E-state index contributed by atoms with van der Waals surface area (Å²) in [7, 11) is -4.24. The Kier molecular flexibility index (Phi) is 3.47. The molecule has 0 N–H and O–H groups in total. The topological polar surface area (TPSA) is 72.9 Å². The molecule has 10 heteroatoms. The SMILES string of the molecule is CN1CC2CCOc3cc(OS(=O)(=O)C(F)(F)F)cc(c32)C1=O. The summed E-state index contributed by atoms with van der Waals surface area (Å²) in [4.78, 5) is 13.6. The predicted molar refractivity (Wildman–Crippen MR) is 71.9 cm³/mol. The van der Waals surface area contributed by atoms with Gasteiger partial charge in [0.25, 0.3) is 5.91 Å². The maximum Gasteiger partial charge on any atom is 0.534 e. The van der Waals surface area contributed by atoms with E-state index in [1.54, 1.807) is 7.05 Å². The van der Waals surface area contributed by atoms with Gasteiger partial charge in [-0.3, -0.25) is 4.79 Å². The molecule has 0 radical (unpaired) electrons. The average Bonchev–Trinajstić information content (AvgIpc) is 2.42. The summed E-state index contributed by atoms with van der Waals surface area (Å²) in [6, 6.07) is 2.09.